The average Bonchev–Trinajstić information content (AvgIpc) is 3.57. The highest BCUT2D eigenvalue weighted by molar-refractivity contribution is 7.22. The Balaban J connectivity index is 1.70. The molecule has 4 aromatic rings. The van der Waals surface area contributed by atoms with E-state index in [1.807, 2.05) is 0 Å². The normalized spacial score (nSPS) is 17.4. The number of hydrogen-bond acceptors (Lipinski definition) is 8. The van der Waals surface area contributed by atoms with Crippen molar-refractivity contribution in [1.29, 1.82) is 0 Å². The fourth-order valence-electron chi connectivity index (χ4n) is 3.90. The highest BCUT2D eigenvalue weighted by atomic mass is 32.1. The van der Waals surface area contributed by atoms with E-state index in [1.54, 1.807) is 29.6 Å². The largest absolute Gasteiger partial charge is 0.507 e. The predicted molar refractivity (Wildman–Crippen MR) is 128 cm³/mol. The van der Waals surface area contributed by atoms with Crippen LogP contribution in [0, 0.1) is 11.6 Å². The predicted octanol–water partition coefficient (Wildman–Crippen LogP) is 5.28. The molecule has 5 rings (SSSR count). The quantitative estimate of drug-likeness (QED) is 0.222. The first-order valence-corrected chi connectivity index (χ1v) is 11.9. The summed E-state index contributed by atoms with van der Waals surface area (Å²) in [6.45, 7) is 0. The SMILES string of the molecule is COc1ccc(/C(O)=C2\C(=O)C(=O)N(c3nc4cc(F)c(F)cc4s3)C2c2cccs2)cc1OC. The van der Waals surface area contributed by atoms with Gasteiger partial charge in [-0.05, 0) is 35.7 Å². The number of ether oxygens (including phenoxy) is 2. The number of fused-ring (bicyclic) bond motifs is 1. The molecule has 1 aliphatic heterocycles. The second-order valence-corrected chi connectivity index (χ2v) is 9.47. The van der Waals surface area contributed by atoms with E-state index in [4.69, 9.17) is 9.47 Å². The van der Waals surface area contributed by atoms with Crippen LogP contribution in [0.25, 0.3) is 16.0 Å². The third-order valence-electron chi connectivity index (χ3n) is 5.54. The number of carbonyl (C=O) groups excluding carboxylic acids is 2. The molecule has 3 heterocycles. The van der Waals surface area contributed by atoms with E-state index in [-0.39, 0.29) is 21.8 Å². The Kier molecular flexibility index (Phi) is 5.73. The van der Waals surface area contributed by atoms with E-state index >= 15 is 0 Å². The highest BCUT2D eigenvalue weighted by Gasteiger charge is 2.48. The minimum absolute atomic E-state index is 0.0804. The number of amides is 1. The number of aliphatic hydroxyl groups excluding tert-OH is 1. The number of thiazole rings is 1. The number of aromatic nitrogens is 1. The van der Waals surface area contributed by atoms with E-state index in [0.29, 0.717) is 21.1 Å². The maximum atomic E-state index is 13.8. The first-order chi connectivity index (χ1) is 16.8. The number of hydrogen-bond donors (Lipinski definition) is 1. The number of rotatable bonds is 5. The number of anilines is 1. The van der Waals surface area contributed by atoms with Crippen LogP contribution < -0.4 is 14.4 Å². The molecule has 1 N–H and O–H groups in total. The van der Waals surface area contributed by atoms with Crippen LogP contribution in [-0.4, -0.2) is 36.0 Å². The molecule has 0 aliphatic carbocycles. The van der Waals surface area contributed by atoms with Crippen molar-refractivity contribution in [2.24, 2.45) is 0 Å². The molecule has 0 radical (unpaired) electrons. The number of carbonyl (C=O) groups is 2. The fraction of sp³-hybridized carbons (Fsp3) is 0.125. The van der Waals surface area contributed by atoms with Gasteiger partial charge in [0.2, 0.25) is 0 Å². The number of thiophene rings is 1. The van der Waals surface area contributed by atoms with Gasteiger partial charge >= 0.3 is 5.91 Å². The molecule has 0 spiro atoms. The smallest absolute Gasteiger partial charge is 0.301 e. The van der Waals surface area contributed by atoms with Crippen molar-refractivity contribution in [3.05, 3.63) is 75.5 Å². The number of benzene rings is 2. The van der Waals surface area contributed by atoms with Gasteiger partial charge in [-0.25, -0.2) is 13.8 Å². The van der Waals surface area contributed by atoms with Crippen LogP contribution in [0.2, 0.25) is 0 Å². The Morgan fingerprint density at radius 3 is 2.49 bits per heavy atom. The van der Waals surface area contributed by atoms with Crippen LogP contribution in [-0.2, 0) is 9.59 Å². The summed E-state index contributed by atoms with van der Waals surface area (Å²) in [6, 6.07) is 9.02. The van der Waals surface area contributed by atoms with E-state index < -0.39 is 35.1 Å². The monoisotopic (exact) mass is 514 g/mol. The maximum absolute atomic E-state index is 13.8. The molecule has 7 nitrogen and oxygen atoms in total. The van der Waals surface area contributed by atoms with Crippen LogP contribution in [0.15, 0.2) is 53.4 Å². The standard InChI is InChI=1S/C24H16F2N2O5S2/c1-32-15-6-5-11(8-16(15)33-2)21(29)19-20(17-4-3-7-34-17)28(23(31)22(19)30)24-27-14-9-12(25)13(26)10-18(14)35-24/h3-10,20,29H,1-2H3/b21-19+. The fourth-order valence-corrected chi connectivity index (χ4v) is 5.72. The van der Waals surface area contributed by atoms with Crippen molar-refractivity contribution in [2.45, 2.75) is 6.04 Å². The summed E-state index contributed by atoms with van der Waals surface area (Å²) in [5.41, 5.74) is 0.257. The highest BCUT2D eigenvalue weighted by Crippen LogP contribution is 2.46. The Hall–Kier alpha value is -3.83. The van der Waals surface area contributed by atoms with Gasteiger partial charge in [0, 0.05) is 16.5 Å². The molecule has 0 bridgehead atoms. The van der Waals surface area contributed by atoms with Crippen molar-refractivity contribution in [3.8, 4) is 11.5 Å². The molecule has 2 aromatic carbocycles. The minimum atomic E-state index is -1.07. The van der Waals surface area contributed by atoms with Gasteiger partial charge in [0.15, 0.2) is 28.3 Å². The topological polar surface area (TPSA) is 89.0 Å². The summed E-state index contributed by atoms with van der Waals surface area (Å²) < 4.78 is 38.3. The summed E-state index contributed by atoms with van der Waals surface area (Å²) in [4.78, 5) is 32.4. The van der Waals surface area contributed by atoms with Crippen molar-refractivity contribution in [1.82, 2.24) is 4.98 Å². The lowest BCUT2D eigenvalue weighted by Crippen LogP contribution is -2.28. The van der Waals surface area contributed by atoms with Crippen LogP contribution in [0.1, 0.15) is 16.5 Å². The van der Waals surface area contributed by atoms with Crippen LogP contribution in [0.4, 0.5) is 13.9 Å². The molecule has 1 saturated heterocycles. The summed E-state index contributed by atoms with van der Waals surface area (Å²) >= 11 is 2.23. The number of aliphatic hydroxyl groups is 1. The Bertz CT molecular complexity index is 1470. The number of Topliss-reactive ketones (excluding diaryl/α,β-unsaturated/α-hetero) is 1. The lowest BCUT2D eigenvalue weighted by molar-refractivity contribution is -0.132. The second-order valence-electron chi connectivity index (χ2n) is 7.48. The Labute approximate surface area is 205 Å². The number of methoxy groups -OCH3 is 2. The van der Waals surface area contributed by atoms with Gasteiger partial charge < -0.3 is 14.6 Å². The van der Waals surface area contributed by atoms with E-state index in [9.17, 15) is 23.5 Å². The van der Waals surface area contributed by atoms with Gasteiger partial charge in [-0.3, -0.25) is 14.5 Å². The van der Waals surface area contributed by atoms with Gasteiger partial charge in [-0.2, -0.15) is 0 Å². The van der Waals surface area contributed by atoms with Crippen molar-refractivity contribution >= 4 is 55.5 Å². The molecule has 1 aliphatic rings. The molecule has 11 heteroatoms. The van der Waals surface area contributed by atoms with Crippen molar-refractivity contribution in [3.63, 3.8) is 0 Å². The van der Waals surface area contributed by atoms with Crippen LogP contribution in [0.5, 0.6) is 11.5 Å². The summed E-state index contributed by atoms with van der Waals surface area (Å²) in [7, 11) is 2.90. The van der Waals surface area contributed by atoms with E-state index in [0.717, 1.165) is 28.4 Å². The average molecular weight is 515 g/mol. The number of nitrogens with zero attached hydrogens (tertiary/aromatic N) is 2. The zero-order valence-corrected chi connectivity index (χ0v) is 19.9. The summed E-state index contributed by atoms with van der Waals surface area (Å²) in [6.07, 6.45) is 0. The Morgan fingerprint density at radius 1 is 1.06 bits per heavy atom. The van der Waals surface area contributed by atoms with Crippen molar-refractivity contribution < 1.29 is 33.0 Å². The zero-order valence-electron chi connectivity index (χ0n) is 18.2. The lowest BCUT2D eigenvalue weighted by Gasteiger charge is -2.21. The molecule has 178 valence electrons. The molecule has 35 heavy (non-hydrogen) atoms. The first-order valence-electron chi connectivity index (χ1n) is 10.2. The van der Waals surface area contributed by atoms with E-state index in [1.165, 1.54) is 31.6 Å². The van der Waals surface area contributed by atoms with Crippen molar-refractivity contribution in [2.75, 3.05) is 19.1 Å². The van der Waals surface area contributed by atoms with E-state index in [2.05, 4.69) is 4.98 Å². The Morgan fingerprint density at radius 2 is 1.80 bits per heavy atom. The third kappa shape index (κ3) is 3.72. The molecular weight excluding hydrogens is 498 g/mol. The zero-order chi connectivity index (χ0) is 24.9. The van der Waals surface area contributed by atoms with Gasteiger partial charge in [0.1, 0.15) is 11.8 Å². The molecule has 1 atom stereocenters. The second kappa shape index (κ2) is 8.75. The summed E-state index contributed by atoms with van der Waals surface area (Å²) in [5, 5.41) is 13.1. The van der Waals surface area contributed by atoms with Crippen LogP contribution in [0.3, 0.4) is 0 Å². The van der Waals surface area contributed by atoms with Gasteiger partial charge in [-0.15, -0.1) is 11.3 Å². The third-order valence-corrected chi connectivity index (χ3v) is 7.48. The first kappa shape index (κ1) is 22.9. The molecule has 0 saturated carbocycles. The lowest BCUT2D eigenvalue weighted by atomic mass is 9.99. The minimum Gasteiger partial charge on any atom is -0.507 e. The number of halogens is 2. The van der Waals surface area contributed by atoms with Crippen LogP contribution >= 0.6 is 22.7 Å². The molecule has 1 amide bonds. The van der Waals surface area contributed by atoms with Gasteiger partial charge in [0.05, 0.1) is 30.0 Å². The molecular formula is C24H16F2N2O5S2. The molecule has 1 fully saturated rings. The molecule has 1 unspecified atom stereocenters. The van der Waals surface area contributed by atoms with Gasteiger partial charge in [-0.1, -0.05) is 17.4 Å². The summed E-state index contributed by atoms with van der Waals surface area (Å²) in [5.74, 6) is -3.58. The number of ketones is 1. The van der Waals surface area contributed by atoms with Gasteiger partial charge in [0.25, 0.3) is 5.78 Å². The maximum Gasteiger partial charge on any atom is 0.301 e. The molecule has 2 aromatic heterocycles.